The fourth-order valence-corrected chi connectivity index (χ4v) is 3.55. The van der Waals surface area contributed by atoms with Gasteiger partial charge in [-0.05, 0) is 30.9 Å². The molecule has 2 rings (SSSR count). The van der Waals surface area contributed by atoms with Gasteiger partial charge in [0.05, 0.1) is 11.3 Å². The Morgan fingerprint density at radius 2 is 2.00 bits per heavy atom. The minimum atomic E-state index is -0.879. The summed E-state index contributed by atoms with van der Waals surface area (Å²) in [6, 6.07) is 7.34. The number of carboxylic acid groups (broad SMARTS) is 1. The predicted molar refractivity (Wildman–Crippen MR) is 92.2 cm³/mol. The van der Waals surface area contributed by atoms with Crippen LogP contribution in [0.1, 0.15) is 38.2 Å². The topological polar surface area (TPSA) is 75.6 Å². The monoisotopic (exact) mass is 353 g/mol. The highest BCUT2D eigenvalue weighted by Crippen LogP contribution is 2.38. The van der Waals surface area contributed by atoms with Gasteiger partial charge in [0, 0.05) is 24.8 Å². The first-order valence-electron chi connectivity index (χ1n) is 8.35. The molecule has 1 amide bonds. The molecule has 0 spiro atoms. The number of nitrogens with one attached hydrogen (secondary N) is 1. The first kappa shape index (κ1) is 18.7. The van der Waals surface area contributed by atoms with Gasteiger partial charge in [-0.3, -0.25) is 9.59 Å². The third-order valence-electron chi connectivity index (χ3n) is 4.67. The molecule has 0 bridgehead atoms. The van der Waals surface area contributed by atoms with Crippen LogP contribution in [0.3, 0.4) is 0 Å². The molecule has 1 aromatic carbocycles. The van der Waals surface area contributed by atoms with E-state index in [4.69, 9.17) is 16.3 Å². The summed E-state index contributed by atoms with van der Waals surface area (Å²) in [5, 5.41) is 12.7. The minimum absolute atomic E-state index is 0.134. The van der Waals surface area contributed by atoms with Gasteiger partial charge in [-0.25, -0.2) is 0 Å². The van der Waals surface area contributed by atoms with Crippen molar-refractivity contribution in [1.82, 2.24) is 5.32 Å². The Morgan fingerprint density at radius 3 is 2.58 bits per heavy atom. The standard InChI is InChI=1S/C18H24ClNO4/c1-2-5-13(16(21)22)12-20-17(23)18(8-10-24-11-9-18)14-6-3-4-7-15(14)19/h3-4,6-7,13H,2,5,8-12H2,1H3,(H,20,23)(H,21,22). The van der Waals surface area contributed by atoms with Crippen molar-refractivity contribution in [3.8, 4) is 0 Å². The van der Waals surface area contributed by atoms with Crippen LogP contribution in [-0.4, -0.2) is 36.7 Å². The number of benzene rings is 1. The number of carbonyl (C=O) groups is 2. The van der Waals surface area contributed by atoms with E-state index >= 15 is 0 Å². The second-order valence-electron chi connectivity index (χ2n) is 6.21. The van der Waals surface area contributed by atoms with Crippen LogP contribution in [0.5, 0.6) is 0 Å². The molecule has 0 radical (unpaired) electrons. The van der Waals surface area contributed by atoms with Crippen molar-refractivity contribution in [2.75, 3.05) is 19.8 Å². The van der Waals surface area contributed by atoms with E-state index in [1.54, 1.807) is 6.07 Å². The quantitative estimate of drug-likeness (QED) is 0.790. The number of aliphatic carboxylic acids is 1. The van der Waals surface area contributed by atoms with Crippen LogP contribution >= 0.6 is 11.6 Å². The van der Waals surface area contributed by atoms with Gasteiger partial charge in [-0.15, -0.1) is 0 Å². The lowest BCUT2D eigenvalue weighted by Crippen LogP contribution is -2.49. The maximum atomic E-state index is 13.0. The molecule has 1 aliphatic rings. The smallest absolute Gasteiger partial charge is 0.308 e. The number of ether oxygens (including phenoxy) is 1. The molecule has 2 N–H and O–H groups in total. The molecule has 0 saturated carbocycles. The molecule has 1 heterocycles. The van der Waals surface area contributed by atoms with Crippen molar-refractivity contribution < 1.29 is 19.4 Å². The second-order valence-corrected chi connectivity index (χ2v) is 6.62. The SMILES string of the molecule is CCCC(CNC(=O)C1(c2ccccc2Cl)CCOCC1)C(=O)O. The van der Waals surface area contributed by atoms with Gasteiger partial charge < -0.3 is 15.2 Å². The molecular formula is C18H24ClNO4. The van der Waals surface area contributed by atoms with E-state index in [-0.39, 0.29) is 12.5 Å². The Balaban J connectivity index is 2.20. The highest BCUT2D eigenvalue weighted by atomic mass is 35.5. The predicted octanol–water partition coefficient (Wildman–Crippen LogP) is 3.01. The van der Waals surface area contributed by atoms with Crippen LogP contribution in [0.4, 0.5) is 0 Å². The molecular weight excluding hydrogens is 330 g/mol. The van der Waals surface area contributed by atoms with Crippen molar-refractivity contribution in [1.29, 1.82) is 0 Å². The largest absolute Gasteiger partial charge is 0.481 e. The summed E-state index contributed by atoms with van der Waals surface area (Å²) in [4.78, 5) is 24.3. The molecule has 1 aromatic rings. The van der Waals surface area contributed by atoms with Crippen LogP contribution in [0.25, 0.3) is 0 Å². The summed E-state index contributed by atoms with van der Waals surface area (Å²) in [7, 11) is 0. The van der Waals surface area contributed by atoms with E-state index in [2.05, 4.69) is 5.32 Å². The normalized spacial score (nSPS) is 17.9. The Kier molecular flexibility index (Phi) is 6.63. The lowest BCUT2D eigenvalue weighted by Gasteiger charge is -2.37. The van der Waals surface area contributed by atoms with Crippen molar-refractivity contribution in [2.45, 2.75) is 38.0 Å². The van der Waals surface area contributed by atoms with E-state index in [1.165, 1.54) is 0 Å². The molecule has 1 saturated heterocycles. The van der Waals surface area contributed by atoms with E-state index in [0.717, 1.165) is 12.0 Å². The van der Waals surface area contributed by atoms with Crippen LogP contribution < -0.4 is 5.32 Å². The number of hydrogen-bond acceptors (Lipinski definition) is 3. The maximum Gasteiger partial charge on any atom is 0.308 e. The summed E-state index contributed by atoms with van der Waals surface area (Å²) < 4.78 is 5.42. The molecule has 1 fully saturated rings. The lowest BCUT2D eigenvalue weighted by molar-refractivity contribution is -0.142. The zero-order chi connectivity index (χ0) is 17.6. The first-order valence-corrected chi connectivity index (χ1v) is 8.73. The zero-order valence-electron chi connectivity index (χ0n) is 13.9. The fourth-order valence-electron chi connectivity index (χ4n) is 3.23. The molecule has 1 aliphatic heterocycles. The number of carbonyl (C=O) groups excluding carboxylic acids is 1. The first-order chi connectivity index (χ1) is 11.5. The molecule has 0 aliphatic carbocycles. The van der Waals surface area contributed by atoms with E-state index in [1.807, 2.05) is 25.1 Å². The second kappa shape index (κ2) is 8.49. The van der Waals surface area contributed by atoms with Crippen molar-refractivity contribution in [2.24, 2.45) is 5.92 Å². The maximum absolute atomic E-state index is 13.0. The Morgan fingerprint density at radius 1 is 1.33 bits per heavy atom. The highest BCUT2D eigenvalue weighted by Gasteiger charge is 2.43. The number of hydrogen-bond donors (Lipinski definition) is 2. The Labute approximate surface area is 147 Å². The van der Waals surface area contributed by atoms with Gasteiger partial charge in [0.15, 0.2) is 0 Å². The van der Waals surface area contributed by atoms with Crippen molar-refractivity contribution in [3.63, 3.8) is 0 Å². The van der Waals surface area contributed by atoms with Gasteiger partial charge in [0.1, 0.15) is 0 Å². The third kappa shape index (κ3) is 4.08. The summed E-state index contributed by atoms with van der Waals surface area (Å²) in [5.74, 6) is -1.61. The van der Waals surface area contributed by atoms with E-state index < -0.39 is 17.3 Å². The van der Waals surface area contributed by atoms with E-state index in [0.29, 0.717) is 37.5 Å². The van der Waals surface area contributed by atoms with Crippen molar-refractivity contribution in [3.05, 3.63) is 34.9 Å². The molecule has 1 atom stereocenters. The van der Waals surface area contributed by atoms with Gasteiger partial charge in [0.25, 0.3) is 0 Å². The highest BCUT2D eigenvalue weighted by molar-refractivity contribution is 6.31. The number of carboxylic acids is 1. The van der Waals surface area contributed by atoms with Gasteiger partial charge in [-0.1, -0.05) is 43.1 Å². The number of amides is 1. The average molecular weight is 354 g/mol. The number of rotatable bonds is 7. The molecule has 6 heteroatoms. The summed E-state index contributed by atoms with van der Waals surface area (Å²) in [6.45, 7) is 3.03. The summed E-state index contributed by atoms with van der Waals surface area (Å²) >= 11 is 6.34. The Bertz CT molecular complexity index is 584. The third-order valence-corrected chi connectivity index (χ3v) is 5.00. The summed E-state index contributed by atoms with van der Waals surface area (Å²) in [5.41, 5.74) is 0.0288. The minimum Gasteiger partial charge on any atom is -0.481 e. The molecule has 24 heavy (non-hydrogen) atoms. The molecule has 5 nitrogen and oxygen atoms in total. The lowest BCUT2D eigenvalue weighted by atomic mass is 9.73. The Hall–Kier alpha value is -1.59. The van der Waals surface area contributed by atoms with Crippen LogP contribution in [0, 0.1) is 5.92 Å². The fraction of sp³-hybridized carbons (Fsp3) is 0.556. The van der Waals surface area contributed by atoms with Gasteiger partial charge >= 0.3 is 5.97 Å². The van der Waals surface area contributed by atoms with Crippen LogP contribution in [-0.2, 0) is 19.7 Å². The molecule has 0 aromatic heterocycles. The summed E-state index contributed by atoms with van der Waals surface area (Å²) in [6.07, 6.45) is 2.37. The zero-order valence-corrected chi connectivity index (χ0v) is 14.6. The average Bonchev–Trinajstić information content (AvgIpc) is 2.59. The van der Waals surface area contributed by atoms with Gasteiger partial charge in [0.2, 0.25) is 5.91 Å². The van der Waals surface area contributed by atoms with Crippen LogP contribution in [0.2, 0.25) is 5.02 Å². The van der Waals surface area contributed by atoms with Crippen molar-refractivity contribution >= 4 is 23.5 Å². The van der Waals surface area contributed by atoms with Crippen LogP contribution in [0.15, 0.2) is 24.3 Å². The molecule has 132 valence electrons. The number of halogens is 1. The van der Waals surface area contributed by atoms with Gasteiger partial charge in [-0.2, -0.15) is 0 Å². The van der Waals surface area contributed by atoms with E-state index in [9.17, 15) is 14.7 Å². The molecule has 1 unspecified atom stereocenters.